The minimum atomic E-state index is -0.956. The predicted molar refractivity (Wildman–Crippen MR) is 89.9 cm³/mol. The lowest BCUT2D eigenvalue weighted by Crippen LogP contribution is -1.98. The first-order valence-corrected chi connectivity index (χ1v) is 7.10. The maximum atomic E-state index is 11.5. The Bertz CT molecular complexity index is 946. The number of para-hydroxylation sites is 1. The van der Waals surface area contributed by atoms with Crippen LogP contribution < -0.4 is 4.74 Å². The molecule has 0 saturated carbocycles. The van der Waals surface area contributed by atoms with Crippen LogP contribution in [-0.4, -0.2) is 18.2 Å². The fourth-order valence-electron chi connectivity index (χ4n) is 2.45. The van der Waals surface area contributed by atoms with Crippen LogP contribution in [-0.2, 0) is 0 Å². The summed E-state index contributed by atoms with van der Waals surface area (Å²) in [5.41, 5.74) is 1.68. The minimum Gasteiger partial charge on any atom is -0.495 e. The SMILES string of the molecule is COc1ccccc1C#Cc1cc(C(=O)O)c2ccccc2c1. The molecule has 0 radical (unpaired) electrons. The highest BCUT2D eigenvalue weighted by Crippen LogP contribution is 2.21. The van der Waals surface area contributed by atoms with Crippen LogP contribution in [0.3, 0.4) is 0 Å². The number of benzene rings is 3. The molecule has 0 saturated heterocycles. The number of hydrogen-bond acceptors (Lipinski definition) is 2. The van der Waals surface area contributed by atoms with E-state index in [4.69, 9.17) is 4.74 Å². The summed E-state index contributed by atoms with van der Waals surface area (Å²) >= 11 is 0. The van der Waals surface area contributed by atoms with Crippen LogP contribution in [0.5, 0.6) is 5.75 Å². The Kier molecular flexibility index (Phi) is 3.99. The smallest absolute Gasteiger partial charge is 0.336 e. The van der Waals surface area contributed by atoms with Gasteiger partial charge in [0, 0.05) is 5.56 Å². The second-order valence-electron chi connectivity index (χ2n) is 5.00. The average molecular weight is 302 g/mol. The van der Waals surface area contributed by atoms with Gasteiger partial charge in [-0.15, -0.1) is 0 Å². The summed E-state index contributed by atoms with van der Waals surface area (Å²) in [5, 5.41) is 11.0. The Morgan fingerprint density at radius 1 is 1.00 bits per heavy atom. The number of rotatable bonds is 2. The molecule has 0 aromatic heterocycles. The summed E-state index contributed by atoms with van der Waals surface area (Å²) < 4.78 is 5.27. The standard InChI is InChI=1S/C20H14O3/c1-23-19-9-5-3-6-15(19)11-10-14-12-16-7-2-4-8-17(16)18(13-14)20(21)22/h2-9,12-13H,1H3,(H,21,22). The van der Waals surface area contributed by atoms with Gasteiger partial charge in [-0.05, 0) is 35.0 Å². The van der Waals surface area contributed by atoms with E-state index in [1.165, 1.54) is 0 Å². The van der Waals surface area contributed by atoms with Gasteiger partial charge in [0.05, 0.1) is 18.2 Å². The zero-order chi connectivity index (χ0) is 16.2. The van der Waals surface area contributed by atoms with Crippen molar-refractivity contribution in [1.29, 1.82) is 0 Å². The number of hydrogen-bond donors (Lipinski definition) is 1. The number of carbonyl (C=O) groups is 1. The molecule has 3 aromatic rings. The molecule has 23 heavy (non-hydrogen) atoms. The van der Waals surface area contributed by atoms with Crippen molar-refractivity contribution in [2.75, 3.05) is 7.11 Å². The van der Waals surface area contributed by atoms with Gasteiger partial charge in [0.2, 0.25) is 0 Å². The summed E-state index contributed by atoms with van der Waals surface area (Å²) in [6, 6.07) is 18.4. The van der Waals surface area contributed by atoms with E-state index in [9.17, 15) is 9.90 Å². The number of carboxylic acid groups (broad SMARTS) is 1. The van der Waals surface area contributed by atoms with Crippen LogP contribution in [0.4, 0.5) is 0 Å². The van der Waals surface area contributed by atoms with Crippen LogP contribution in [0.25, 0.3) is 10.8 Å². The third kappa shape index (κ3) is 3.02. The van der Waals surface area contributed by atoms with E-state index in [0.717, 1.165) is 10.9 Å². The first-order valence-electron chi connectivity index (χ1n) is 7.10. The fraction of sp³-hybridized carbons (Fsp3) is 0.0500. The Morgan fingerprint density at radius 2 is 1.74 bits per heavy atom. The molecule has 3 nitrogen and oxygen atoms in total. The first-order chi connectivity index (χ1) is 11.2. The normalized spacial score (nSPS) is 9.96. The topological polar surface area (TPSA) is 46.5 Å². The van der Waals surface area contributed by atoms with Crippen molar-refractivity contribution in [2.45, 2.75) is 0 Å². The van der Waals surface area contributed by atoms with Crippen LogP contribution in [0.2, 0.25) is 0 Å². The van der Waals surface area contributed by atoms with Gasteiger partial charge in [0.1, 0.15) is 5.75 Å². The highest BCUT2D eigenvalue weighted by atomic mass is 16.5. The van der Waals surface area contributed by atoms with Crippen LogP contribution >= 0.6 is 0 Å². The second kappa shape index (κ2) is 6.25. The molecule has 0 unspecified atom stereocenters. The van der Waals surface area contributed by atoms with Gasteiger partial charge in [-0.2, -0.15) is 0 Å². The van der Waals surface area contributed by atoms with Crippen molar-refractivity contribution >= 4 is 16.7 Å². The third-order valence-electron chi connectivity index (χ3n) is 3.54. The summed E-state index contributed by atoms with van der Waals surface area (Å²) in [7, 11) is 1.60. The molecule has 0 atom stereocenters. The van der Waals surface area contributed by atoms with Crippen molar-refractivity contribution in [2.24, 2.45) is 0 Å². The average Bonchev–Trinajstić information content (AvgIpc) is 2.59. The van der Waals surface area contributed by atoms with E-state index in [1.54, 1.807) is 19.2 Å². The highest BCUT2D eigenvalue weighted by Gasteiger charge is 2.09. The Labute approximate surface area is 134 Å². The zero-order valence-corrected chi connectivity index (χ0v) is 12.5. The summed E-state index contributed by atoms with van der Waals surface area (Å²) in [4.78, 5) is 11.5. The predicted octanol–water partition coefficient (Wildman–Crippen LogP) is 3.95. The van der Waals surface area contributed by atoms with E-state index in [0.29, 0.717) is 16.7 Å². The van der Waals surface area contributed by atoms with Gasteiger partial charge < -0.3 is 9.84 Å². The van der Waals surface area contributed by atoms with Crippen molar-refractivity contribution in [3.63, 3.8) is 0 Å². The quantitative estimate of drug-likeness (QED) is 0.729. The molecule has 0 aliphatic rings. The van der Waals surface area contributed by atoms with Crippen molar-refractivity contribution < 1.29 is 14.6 Å². The second-order valence-corrected chi connectivity index (χ2v) is 5.00. The monoisotopic (exact) mass is 302 g/mol. The summed E-state index contributed by atoms with van der Waals surface area (Å²) in [5.74, 6) is 5.81. The molecule has 3 heteroatoms. The van der Waals surface area contributed by atoms with Crippen LogP contribution in [0, 0.1) is 11.8 Å². The van der Waals surface area contributed by atoms with Gasteiger partial charge in [-0.1, -0.05) is 48.2 Å². The molecular weight excluding hydrogens is 288 g/mol. The maximum Gasteiger partial charge on any atom is 0.336 e. The molecule has 3 rings (SSSR count). The molecule has 0 heterocycles. The number of aromatic carboxylic acids is 1. The third-order valence-corrected chi connectivity index (χ3v) is 3.54. The van der Waals surface area contributed by atoms with Crippen LogP contribution in [0.15, 0.2) is 60.7 Å². The number of fused-ring (bicyclic) bond motifs is 1. The maximum absolute atomic E-state index is 11.5. The summed E-state index contributed by atoms with van der Waals surface area (Å²) in [6.45, 7) is 0. The molecular formula is C20H14O3. The van der Waals surface area contributed by atoms with Gasteiger partial charge in [0.15, 0.2) is 0 Å². The molecule has 0 spiro atoms. The Hall–Kier alpha value is -3.25. The lowest BCUT2D eigenvalue weighted by Gasteiger charge is -2.04. The largest absolute Gasteiger partial charge is 0.495 e. The Morgan fingerprint density at radius 3 is 2.52 bits per heavy atom. The van der Waals surface area contributed by atoms with Crippen molar-refractivity contribution in [1.82, 2.24) is 0 Å². The zero-order valence-electron chi connectivity index (χ0n) is 12.5. The molecule has 0 aliphatic heterocycles. The molecule has 112 valence electrons. The van der Waals surface area contributed by atoms with Gasteiger partial charge in [-0.3, -0.25) is 0 Å². The lowest BCUT2D eigenvalue weighted by atomic mass is 10.0. The first kappa shape index (κ1) is 14.7. The fourth-order valence-corrected chi connectivity index (χ4v) is 2.45. The van der Waals surface area contributed by atoms with E-state index in [2.05, 4.69) is 11.8 Å². The molecule has 0 aliphatic carbocycles. The molecule has 0 amide bonds. The van der Waals surface area contributed by atoms with Gasteiger partial charge in [0.25, 0.3) is 0 Å². The number of ether oxygens (including phenoxy) is 1. The number of carboxylic acids is 1. The van der Waals surface area contributed by atoms with E-state index >= 15 is 0 Å². The Balaban J connectivity index is 2.12. The molecule has 0 fully saturated rings. The lowest BCUT2D eigenvalue weighted by molar-refractivity contribution is 0.0699. The molecule has 3 aromatic carbocycles. The van der Waals surface area contributed by atoms with Gasteiger partial charge in [-0.25, -0.2) is 4.79 Å². The summed E-state index contributed by atoms with van der Waals surface area (Å²) in [6.07, 6.45) is 0. The molecule has 0 bridgehead atoms. The highest BCUT2D eigenvalue weighted by molar-refractivity contribution is 6.04. The number of methoxy groups -OCH3 is 1. The van der Waals surface area contributed by atoms with Crippen LogP contribution in [0.1, 0.15) is 21.5 Å². The molecule has 1 N–H and O–H groups in total. The van der Waals surface area contributed by atoms with E-state index in [-0.39, 0.29) is 5.56 Å². The minimum absolute atomic E-state index is 0.257. The van der Waals surface area contributed by atoms with E-state index in [1.807, 2.05) is 48.5 Å². The van der Waals surface area contributed by atoms with E-state index < -0.39 is 5.97 Å². The van der Waals surface area contributed by atoms with Crippen molar-refractivity contribution in [3.05, 3.63) is 77.4 Å². The van der Waals surface area contributed by atoms with Crippen molar-refractivity contribution in [3.8, 4) is 17.6 Å². The van der Waals surface area contributed by atoms with Gasteiger partial charge >= 0.3 is 5.97 Å².